The molecule has 1 aromatic rings. The first kappa shape index (κ1) is 9.92. The van der Waals surface area contributed by atoms with Gasteiger partial charge in [-0.05, 0) is 25.0 Å². The Bertz CT molecular complexity index is 386. The van der Waals surface area contributed by atoms with Crippen molar-refractivity contribution in [2.75, 3.05) is 6.61 Å². The molecule has 5 nitrogen and oxygen atoms in total. The standard InChI is InChI=1S/C10H10O5/c11-9(6-2-1-5-14-6)7-3-4-8(15-7)10(12)13/h3-4,6H,1-2,5H2,(H,12,13). The van der Waals surface area contributed by atoms with Gasteiger partial charge in [-0.3, -0.25) is 4.79 Å². The number of carbonyl (C=O) groups is 2. The zero-order chi connectivity index (χ0) is 10.8. The molecule has 1 aromatic heterocycles. The zero-order valence-electron chi connectivity index (χ0n) is 7.93. The number of carbonyl (C=O) groups excluding carboxylic acids is 1. The summed E-state index contributed by atoms with van der Waals surface area (Å²) in [5, 5.41) is 8.61. The molecule has 0 spiro atoms. The molecule has 1 aliphatic rings. The van der Waals surface area contributed by atoms with Gasteiger partial charge in [0.25, 0.3) is 0 Å². The van der Waals surface area contributed by atoms with E-state index in [0.717, 1.165) is 6.42 Å². The second-order valence-electron chi connectivity index (χ2n) is 3.33. The molecule has 0 radical (unpaired) electrons. The molecular formula is C10H10O5. The van der Waals surface area contributed by atoms with E-state index >= 15 is 0 Å². The Morgan fingerprint density at radius 1 is 1.33 bits per heavy atom. The Kier molecular flexibility index (Phi) is 2.55. The van der Waals surface area contributed by atoms with Gasteiger partial charge in [-0.25, -0.2) is 4.79 Å². The van der Waals surface area contributed by atoms with Crippen LogP contribution in [0.25, 0.3) is 0 Å². The monoisotopic (exact) mass is 210 g/mol. The van der Waals surface area contributed by atoms with Gasteiger partial charge in [0.05, 0.1) is 0 Å². The predicted molar refractivity (Wildman–Crippen MR) is 49.0 cm³/mol. The lowest BCUT2D eigenvalue weighted by molar-refractivity contribution is 0.0600. The molecule has 15 heavy (non-hydrogen) atoms. The summed E-state index contributed by atoms with van der Waals surface area (Å²) in [5.74, 6) is -1.63. The average Bonchev–Trinajstić information content (AvgIpc) is 2.88. The molecule has 2 rings (SSSR count). The Hall–Kier alpha value is -1.62. The fourth-order valence-corrected chi connectivity index (χ4v) is 1.53. The second kappa shape index (κ2) is 3.86. The number of hydrogen-bond acceptors (Lipinski definition) is 4. The molecule has 1 saturated heterocycles. The van der Waals surface area contributed by atoms with Crippen molar-refractivity contribution >= 4 is 11.8 Å². The van der Waals surface area contributed by atoms with Gasteiger partial charge in [-0.1, -0.05) is 0 Å². The van der Waals surface area contributed by atoms with Crippen molar-refractivity contribution in [2.45, 2.75) is 18.9 Å². The van der Waals surface area contributed by atoms with Crippen LogP contribution in [0.1, 0.15) is 34.0 Å². The number of ether oxygens (including phenoxy) is 1. The normalized spacial score (nSPS) is 20.4. The van der Waals surface area contributed by atoms with Crippen LogP contribution < -0.4 is 0 Å². The highest BCUT2D eigenvalue weighted by molar-refractivity contribution is 5.98. The number of rotatable bonds is 3. The summed E-state index contributed by atoms with van der Waals surface area (Å²) in [6, 6.07) is 2.64. The molecule has 1 N–H and O–H groups in total. The molecule has 80 valence electrons. The van der Waals surface area contributed by atoms with E-state index in [1.165, 1.54) is 12.1 Å². The van der Waals surface area contributed by atoms with Crippen LogP contribution in [0.5, 0.6) is 0 Å². The minimum Gasteiger partial charge on any atom is -0.475 e. The van der Waals surface area contributed by atoms with E-state index in [1.54, 1.807) is 0 Å². The number of ketones is 1. The summed E-state index contributed by atoms with van der Waals surface area (Å²) in [5.41, 5.74) is 0. The summed E-state index contributed by atoms with van der Waals surface area (Å²) in [7, 11) is 0. The van der Waals surface area contributed by atoms with Crippen molar-refractivity contribution in [1.29, 1.82) is 0 Å². The van der Waals surface area contributed by atoms with Crippen molar-refractivity contribution in [2.24, 2.45) is 0 Å². The minimum absolute atomic E-state index is 0.0549. The lowest BCUT2D eigenvalue weighted by Crippen LogP contribution is -2.18. The molecule has 0 bridgehead atoms. The molecule has 0 aliphatic carbocycles. The maximum atomic E-state index is 11.7. The van der Waals surface area contributed by atoms with Gasteiger partial charge >= 0.3 is 5.97 Å². The third kappa shape index (κ3) is 1.92. The van der Waals surface area contributed by atoms with Gasteiger partial charge in [0.2, 0.25) is 11.5 Å². The highest BCUT2D eigenvalue weighted by Gasteiger charge is 2.27. The molecule has 1 unspecified atom stereocenters. The fraction of sp³-hybridized carbons (Fsp3) is 0.400. The SMILES string of the molecule is O=C(O)c1ccc(C(=O)C2CCCO2)o1. The first-order chi connectivity index (χ1) is 7.18. The van der Waals surface area contributed by atoms with E-state index in [4.69, 9.17) is 14.3 Å². The van der Waals surface area contributed by atoms with E-state index < -0.39 is 12.1 Å². The van der Waals surface area contributed by atoms with Crippen LogP contribution in [0.4, 0.5) is 0 Å². The average molecular weight is 210 g/mol. The fourth-order valence-electron chi connectivity index (χ4n) is 1.53. The van der Waals surface area contributed by atoms with Crippen LogP contribution in [0, 0.1) is 0 Å². The Morgan fingerprint density at radius 3 is 2.60 bits per heavy atom. The third-order valence-electron chi connectivity index (χ3n) is 2.28. The van der Waals surface area contributed by atoms with Crippen molar-refractivity contribution < 1.29 is 23.8 Å². The van der Waals surface area contributed by atoms with Gasteiger partial charge in [0.15, 0.2) is 5.76 Å². The number of furan rings is 1. The maximum absolute atomic E-state index is 11.7. The van der Waals surface area contributed by atoms with Crippen molar-refractivity contribution in [3.05, 3.63) is 23.7 Å². The summed E-state index contributed by atoms with van der Waals surface area (Å²) in [6.45, 7) is 0.572. The van der Waals surface area contributed by atoms with Gasteiger partial charge < -0.3 is 14.3 Å². The second-order valence-corrected chi connectivity index (χ2v) is 3.33. The molecule has 1 fully saturated rings. The molecule has 0 amide bonds. The van der Waals surface area contributed by atoms with E-state index in [-0.39, 0.29) is 17.3 Å². The summed E-state index contributed by atoms with van der Waals surface area (Å²) in [4.78, 5) is 22.2. The highest BCUT2D eigenvalue weighted by Crippen LogP contribution is 2.18. The summed E-state index contributed by atoms with van der Waals surface area (Å²) in [6.07, 6.45) is 1.04. The smallest absolute Gasteiger partial charge is 0.371 e. The van der Waals surface area contributed by atoms with Crippen LogP contribution in [0.15, 0.2) is 16.5 Å². The van der Waals surface area contributed by atoms with E-state index in [9.17, 15) is 9.59 Å². The summed E-state index contributed by atoms with van der Waals surface area (Å²) < 4.78 is 10.1. The number of Topliss-reactive ketones (excluding diaryl/α,β-unsaturated/α-hetero) is 1. The van der Waals surface area contributed by atoms with E-state index in [1.807, 2.05) is 0 Å². The van der Waals surface area contributed by atoms with E-state index in [2.05, 4.69) is 0 Å². The summed E-state index contributed by atoms with van der Waals surface area (Å²) >= 11 is 0. The molecule has 2 heterocycles. The van der Waals surface area contributed by atoms with Gasteiger partial charge in [-0.2, -0.15) is 0 Å². The molecule has 0 aromatic carbocycles. The minimum atomic E-state index is -1.18. The van der Waals surface area contributed by atoms with Gasteiger partial charge in [0, 0.05) is 6.61 Å². The Balaban J connectivity index is 2.14. The Morgan fingerprint density at radius 2 is 2.07 bits per heavy atom. The maximum Gasteiger partial charge on any atom is 0.371 e. The molecule has 5 heteroatoms. The van der Waals surface area contributed by atoms with Crippen LogP contribution in [0.2, 0.25) is 0 Å². The predicted octanol–water partition coefficient (Wildman–Crippen LogP) is 1.34. The van der Waals surface area contributed by atoms with Crippen LogP contribution in [0.3, 0.4) is 0 Å². The van der Waals surface area contributed by atoms with Crippen LogP contribution in [-0.2, 0) is 4.74 Å². The quantitative estimate of drug-likeness (QED) is 0.761. The molecule has 1 atom stereocenters. The van der Waals surface area contributed by atoms with Gasteiger partial charge in [0.1, 0.15) is 6.10 Å². The largest absolute Gasteiger partial charge is 0.475 e. The van der Waals surface area contributed by atoms with Crippen molar-refractivity contribution in [3.8, 4) is 0 Å². The number of hydrogen-bond donors (Lipinski definition) is 1. The van der Waals surface area contributed by atoms with E-state index in [0.29, 0.717) is 13.0 Å². The van der Waals surface area contributed by atoms with Crippen molar-refractivity contribution in [1.82, 2.24) is 0 Å². The lowest BCUT2D eigenvalue weighted by atomic mass is 10.1. The molecule has 0 saturated carbocycles. The Labute approximate surface area is 85.6 Å². The third-order valence-corrected chi connectivity index (χ3v) is 2.28. The number of carboxylic acid groups (broad SMARTS) is 1. The first-order valence-corrected chi connectivity index (χ1v) is 4.67. The molecular weight excluding hydrogens is 200 g/mol. The number of aromatic carboxylic acids is 1. The highest BCUT2D eigenvalue weighted by atomic mass is 16.5. The zero-order valence-corrected chi connectivity index (χ0v) is 7.93. The number of carboxylic acids is 1. The molecule has 1 aliphatic heterocycles. The van der Waals surface area contributed by atoms with Crippen LogP contribution in [-0.4, -0.2) is 29.6 Å². The van der Waals surface area contributed by atoms with Crippen LogP contribution >= 0.6 is 0 Å². The van der Waals surface area contributed by atoms with Crippen molar-refractivity contribution in [3.63, 3.8) is 0 Å². The topological polar surface area (TPSA) is 76.7 Å². The lowest BCUT2D eigenvalue weighted by Gasteiger charge is -2.04. The first-order valence-electron chi connectivity index (χ1n) is 4.67. The van der Waals surface area contributed by atoms with Gasteiger partial charge in [-0.15, -0.1) is 0 Å².